The predicted octanol–water partition coefficient (Wildman–Crippen LogP) is 5.25. The second-order valence-corrected chi connectivity index (χ2v) is 8.98. The lowest BCUT2D eigenvalue weighted by Crippen LogP contribution is -2.30. The Kier molecular flexibility index (Phi) is 8.44. The van der Waals surface area contributed by atoms with E-state index in [1.54, 1.807) is 6.07 Å². The van der Waals surface area contributed by atoms with Crippen molar-refractivity contribution in [3.05, 3.63) is 89.0 Å². The lowest BCUT2D eigenvalue weighted by Gasteiger charge is -2.22. The van der Waals surface area contributed by atoms with Crippen LogP contribution in [0.2, 0.25) is 0 Å². The van der Waals surface area contributed by atoms with Crippen LogP contribution >= 0.6 is 0 Å². The number of hydrogen-bond donors (Lipinski definition) is 3. The van der Waals surface area contributed by atoms with Gasteiger partial charge < -0.3 is 25.6 Å². The second kappa shape index (κ2) is 12.1. The van der Waals surface area contributed by atoms with Gasteiger partial charge in [0.05, 0.1) is 18.0 Å². The van der Waals surface area contributed by atoms with Crippen LogP contribution in [0.4, 0.5) is 16.2 Å². The van der Waals surface area contributed by atoms with Crippen molar-refractivity contribution in [3.63, 3.8) is 0 Å². The number of carbonyl (C=O) groups excluding carboxylic acids is 2. The van der Waals surface area contributed by atoms with Gasteiger partial charge in [0.15, 0.2) is 0 Å². The molecular formula is C29H34N4O3. The normalized spacial score (nSPS) is 12.8. The molecule has 3 amide bonds. The third-order valence-corrected chi connectivity index (χ3v) is 6.19. The summed E-state index contributed by atoms with van der Waals surface area (Å²) in [4.78, 5) is 27.9. The lowest BCUT2D eigenvalue weighted by atomic mass is 10.1. The first-order chi connectivity index (χ1) is 17.5. The van der Waals surface area contributed by atoms with Crippen LogP contribution in [0.5, 0.6) is 5.75 Å². The highest BCUT2D eigenvalue weighted by Gasteiger charge is 2.19. The largest absolute Gasteiger partial charge is 0.494 e. The van der Waals surface area contributed by atoms with E-state index in [1.165, 1.54) is 5.56 Å². The zero-order valence-electron chi connectivity index (χ0n) is 21.0. The minimum Gasteiger partial charge on any atom is -0.494 e. The molecule has 1 saturated heterocycles. The van der Waals surface area contributed by atoms with Gasteiger partial charge in [-0.2, -0.15) is 0 Å². The van der Waals surface area contributed by atoms with E-state index in [0.717, 1.165) is 48.5 Å². The molecule has 7 heteroatoms. The Bertz CT molecular complexity index is 1190. The maximum absolute atomic E-state index is 13.0. The highest BCUT2D eigenvalue weighted by atomic mass is 16.5. The number of aryl methyl sites for hydroxylation is 1. The fourth-order valence-electron chi connectivity index (χ4n) is 4.26. The van der Waals surface area contributed by atoms with Gasteiger partial charge in [-0.1, -0.05) is 42.0 Å². The molecule has 36 heavy (non-hydrogen) atoms. The number of carbonyl (C=O) groups is 2. The fourth-order valence-corrected chi connectivity index (χ4v) is 4.26. The first-order valence-corrected chi connectivity index (χ1v) is 12.5. The van der Waals surface area contributed by atoms with Gasteiger partial charge in [0.2, 0.25) is 0 Å². The molecule has 0 unspecified atom stereocenters. The van der Waals surface area contributed by atoms with Crippen molar-refractivity contribution >= 4 is 23.3 Å². The number of hydrogen-bond acceptors (Lipinski definition) is 4. The maximum Gasteiger partial charge on any atom is 0.319 e. The van der Waals surface area contributed by atoms with Gasteiger partial charge in [-0.15, -0.1) is 0 Å². The average molecular weight is 487 g/mol. The molecule has 0 aliphatic carbocycles. The van der Waals surface area contributed by atoms with Crippen LogP contribution in [0, 0.1) is 6.92 Å². The molecule has 1 fully saturated rings. The monoisotopic (exact) mass is 486 g/mol. The number of nitrogens with one attached hydrogen (secondary N) is 3. The summed E-state index contributed by atoms with van der Waals surface area (Å²) in [6, 6.07) is 20.9. The third kappa shape index (κ3) is 6.78. The summed E-state index contributed by atoms with van der Waals surface area (Å²) < 4.78 is 5.54. The molecule has 3 N–H and O–H groups in total. The molecule has 0 bridgehead atoms. The molecule has 1 aliphatic rings. The summed E-state index contributed by atoms with van der Waals surface area (Å²) in [5, 5.41) is 8.85. The standard InChI is InChI=1S/C29H34N4O3/c1-3-36-25-8-6-7-23(17-25)20-30-28(34)24-13-14-27(33-15-4-5-16-33)26(18-24)32-29(35)31-19-22-11-9-21(2)10-12-22/h6-14,17-18H,3-5,15-16,19-20H2,1-2H3,(H,30,34)(H2,31,32,35). The van der Waals surface area contributed by atoms with E-state index >= 15 is 0 Å². The van der Waals surface area contributed by atoms with Gasteiger partial charge in [0, 0.05) is 31.7 Å². The Morgan fingerprint density at radius 3 is 2.39 bits per heavy atom. The van der Waals surface area contributed by atoms with E-state index in [2.05, 4.69) is 20.9 Å². The van der Waals surface area contributed by atoms with Crippen molar-refractivity contribution < 1.29 is 14.3 Å². The highest BCUT2D eigenvalue weighted by Crippen LogP contribution is 2.30. The SMILES string of the molecule is CCOc1cccc(CNC(=O)c2ccc(N3CCCC3)c(NC(=O)NCc3ccc(C)cc3)c2)c1. The van der Waals surface area contributed by atoms with E-state index in [-0.39, 0.29) is 11.9 Å². The molecule has 7 nitrogen and oxygen atoms in total. The van der Waals surface area contributed by atoms with Gasteiger partial charge in [-0.3, -0.25) is 4.79 Å². The van der Waals surface area contributed by atoms with E-state index < -0.39 is 0 Å². The Morgan fingerprint density at radius 1 is 0.889 bits per heavy atom. The van der Waals surface area contributed by atoms with Gasteiger partial charge in [-0.05, 0) is 68.1 Å². The van der Waals surface area contributed by atoms with Crippen molar-refractivity contribution in [2.75, 3.05) is 29.9 Å². The Balaban J connectivity index is 1.44. The molecule has 1 aliphatic heterocycles. The summed E-state index contributed by atoms with van der Waals surface area (Å²) in [7, 11) is 0. The Morgan fingerprint density at radius 2 is 1.64 bits per heavy atom. The summed E-state index contributed by atoms with van der Waals surface area (Å²) in [6.45, 7) is 7.23. The van der Waals surface area contributed by atoms with Crippen LogP contribution in [-0.2, 0) is 13.1 Å². The number of anilines is 2. The molecule has 3 aromatic carbocycles. The van der Waals surface area contributed by atoms with E-state index in [9.17, 15) is 9.59 Å². The van der Waals surface area contributed by atoms with E-state index in [1.807, 2.05) is 74.5 Å². The minimum atomic E-state index is -0.304. The zero-order valence-corrected chi connectivity index (χ0v) is 21.0. The van der Waals surface area contributed by atoms with E-state index in [0.29, 0.717) is 30.9 Å². The zero-order chi connectivity index (χ0) is 25.3. The van der Waals surface area contributed by atoms with E-state index in [4.69, 9.17) is 4.74 Å². The first-order valence-electron chi connectivity index (χ1n) is 12.5. The quantitative estimate of drug-likeness (QED) is 0.386. The van der Waals surface area contributed by atoms with Crippen LogP contribution in [-0.4, -0.2) is 31.6 Å². The number of urea groups is 1. The molecule has 4 rings (SSSR count). The summed E-state index contributed by atoms with van der Waals surface area (Å²) >= 11 is 0. The van der Waals surface area contributed by atoms with Gasteiger partial charge >= 0.3 is 6.03 Å². The topological polar surface area (TPSA) is 82.7 Å². The van der Waals surface area contributed by atoms with Crippen molar-refractivity contribution in [1.29, 1.82) is 0 Å². The Labute approximate surface area is 212 Å². The molecule has 3 aromatic rings. The summed E-state index contributed by atoms with van der Waals surface area (Å²) in [6.07, 6.45) is 2.23. The number of nitrogens with zero attached hydrogens (tertiary/aromatic N) is 1. The summed E-state index contributed by atoms with van der Waals surface area (Å²) in [5.74, 6) is 0.579. The van der Waals surface area contributed by atoms with Crippen molar-refractivity contribution in [2.24, 2.45) is 0 Å². The maximum atomic E-state index is 13.0. The number of amides is 3. The van der Waals surface area contributed by atoms with Gasteiger partial charge in [-0.25, -0.2) is 4.79 Å². The van der Waals surface area contributed by atoms with Crippen molar-refractivity contribution in [2.45, 2.75) is 39.8 Å². The molecule has 1 heterocycles. The fraction of sp³-hybridized carbons (Fsp3) is 0.310. The smallest absolute Gasteiger partial charge is 0.319 e. The molecule has 0 saturated carbocycles. The van der Waals surface area contributed by atoms with Crippen LogP contribution < -0.4 is 25.6 Å². The number of ether oxygens (including phenoxy) is 1. The molecule has 188 valence electrons. The van der Waals surface area contributed by atoms with Crippen LogP contribution in [0.15, 0.2) is 66.7 Å². The van der Waals surface area contributed by atoms with Crippen molar-refractivity contribution in [3.8, 4) is 5.75 Å². The predicted molar refractivity (Wildman–Crippen MR) is 144 cm³/mol. The molecule has 0 radical (unpaired) electrons. The first kappa shape index (κ1) is 25.1. The number of rotatable bonds is 9. The van der Waals surface area contributed by atoms with Crippen LogP contribution in [0.1, 0.15) is 46.8 Å². The second-order valence-electron chi connectivity index (χ2n) is 8.98. The van der Waals surface area contributed by atoms with Gasteiger partial charge in [0.25, 0.3) is 5.91 Å². The molecular weight excluding hydrogens is 452 g/mol. The van der Waals surface area contributed by atoms with Gasteiger partial charge in [0.1, 0.15) is 5.75 Å². The average Bonchev–Trinajstić information content (AvgIpc) is 3.42. The van der Waals surface area contributed by atoms with Crippen molar-refractivity contribution in [1.82, 2.24) is 10.6 Å². The highest BCUT2D eigenvalue weighted by molar-refractivity contribution is 5.99. The molecule has 0 spiro atoms. The van der Waals surface area contributed by atoms with Crippen LogP contribution in [0.25, 0.3) is 0 Å². The lowest BCUT2D eigenvalue weighted by molar-refractivity contribution is 0.0951. The number of benzene rings is 3. The van der Waals surface area contributed by atoms with Crippen LogP contribution in [0.3, 0.4) is 0 Å². The summed E-state index contributed by atoms with van der Waals surface area (Å²) in [5.41, 5.74) is 5.21. The minimum absolute atomic E-state index is 0.201. The molecule has 0 atom stereocenters. The third-order valence-electron chi connectivity index (χ3n) is 6.19. The molecule has 0 aromatic heterocycles. The Hall–Kier alpha value is -4.00.